The van der Waals surface area contributed by atoms with E-state index in [1.807, 2.05) is 0 Å². The van der Waals surface area contributed by atoms with Crippen molar-refractivity contribution in [1.29, 1.82) is 0 Å². The van der Waals surface area contributed by atoms with Crippen LogP contribution in [-0.2, 0) is 6.42 Å². The monoisotopic (exact) mass is 266 g/mol. The average Bonchev–Trinajstić information content (AvgIpc) is 2.37. The molecule has 0 heterocycles. The maximum Gasteiger partial charge on any atom is 0.129 e. The Morgan fingerprint density at radius 3 is 2.26 bits per heavy atom. The zero-order chi connectivity index (χ0) is 14.0. The minimum absolute atomic E-state index is 0.0441. The smallest absolute Gasteiger partial charge is 0.129 e. The van der Waals surface area contributed by atoms with Gasteiger partial charge in [0.2, 0.25) is 0 Å². The van der Waals surface area contributed by atoms with Crippen molar-refractivity contribution in [2.24, 2.45) is 0 Å². The van der Waals surface area contributed by atoms with Crippen molar-refractivity contribution in [3.63, 3.8) is 0 Å². The fourth-order valence-electron chi connectivity index (χ4n) is 1.95. The zero-order valence-corrected chi connectivity index (χ0v) is 10.3. The maximum atomic E-state index is 13.6. The van der Waals surface area contributed by atoms with Crippen LogP contribution >= 0.6 is 0 Å². The van der Waals surface area contributed by atoms with Crippen LogP contribution in [0.25, 0.3) is 0 Å². The van der Waals surface area contributed by atoms with Gasteiger partial charge in [-0.1, -0.05) is 23.8 Å². The number of benzene rings is 2. The lowest BCUT2D eigenvalue weighted by Gasteiger charge is -2.14. The Balaban J connectivity index is 2.31. The van der Waals surface area contributed by atoms with Crippen LogP contribution < -0.4 is 0 Å². The molecule has 0 spiro atoms. The molecule has 4 heteroatoms. The second-order valence-electron chi connectivity index (χ2n) is 4.45. The van der Waals surface area contributed by atoms with E-state index < -0.39 is 23.6 Å². The molecule has 100 valence electrons. The van der Waals surface area contributed by atoms with E-state index in [1.54, 1.807) is 13.0 Å². The summed E-state index contributed by atoms with van der Waals surface area (Å²) >= 11 is 0. The van der Waals surface area contributed by atoms with Gasteiger partial charge in [-0.25, -0.2) is 13.2 Å². The summed E-state index contributed by atoms with van der Waals surface area (Å²) in [6.45, 7) is 1.75. The molecular formula is C15H13F3O. The Morgan fingerprint density at radius 2 is 1.63 bits per heavy atom. The minimum Gasteiger partial charge on any atom is -0.388 e. The molecule has 19 heavy (non-hydrogen) atoms. The van der Waals surface area contributed by atoms with Crippen LogP contribution in [-0.4, -0.2) is 5.11 Å². The van der Waals surface area contributed by atoms with Crippen LogP contribution in [0.5, 0.6) is 0 Å². The summed E-state index contributed by atoms with van der Waals surface area (Å²) in [5.74, 6) is -2.07. The van der Waals surface area contributed by atoms with Gasteiger partial charge < -0.3 is 5.11 Å². The largest absolute Gasteiger partial charge is 0.388 e. The minimum atomic E-state index is -1.29. The van der Waals surface area contributed by atoms with Gasteiger partial charge in [0.05, 0.1) is 6.10 Å². The lowest BCUT2D eigenvalue weighted by Crippen LogP contribution is -2.08. The second kappa shape index (κ2) is 5.45. The fourth-order valence-corrected chi connectivity index (χ4v) is 1.95. The van der Waals surface area contributed by atoms with E-state index in [9.17, 15) is 18.3 Å². The highest BCUT2D eigenvalue weighted by molar-refractivity contribution is 5.28. The number of halogens is 3. The number of hydrogen-bond acceptors (Lipinski definition) is 1. The Morgan fingerprint density at radius 1 is 1.00 bits per heavy atom. The number of aliphatic hydroxyl groups is 1. The number of hydrogen-bond donors (Lipinski definition) is 1. The lowest BCUT2D eigenvalue weighted by atomic mass is 9.99. The third-order valence-corrected chi connectivity index (χ3v) is 2.97. The molecule has 2 aromatic carbocycles. The van der Waals surface area contributed by atoms with Crippen molar-refractivity contribution < 1.29 is 18.3 Å². The molecule has 2 rings (SSSR count). The predicted molar refractivity (Wildman–Crippen MR) is 66.2 cm³/mol. The van der Waals surface area contributed by atoms with E-state index >= 15 is 0 Å². The maximum absolute atomic E-state index is 13.6. The number of aryl methyl sites for hydroxylation is 1. The predicted octanol–water partition coefficient (Wildman–Crippen LogP) is 3.69. The fraction of sp³-hybridized carbons (Fsp3) is 0.200. The Kier molecular flexibility index (Phi) is 3.90. The van der Waals surface area contributed by atoms with E-state index in [4.69, 9.17) is 0 Å². The highest BCUT2D eigenvalue weighted by atomic mass is 19.1. The summed E-state index contributed by atoms with van der Waals surface area (Å²) in [4.78, 5) is 0. The van der Waals surface area contributed by atoms with E-state index in [1.165, 1.54) is 18.2 Å². The molecule has 0 bridgehead atoms. The van der Waals surface area contributed by atoms with Crippen LogP contribution in [0.3, 0.4) is 0 Å². The second-order valence-corrected chi connectivity index (χ2v) is 4.45. The van der Waals surface area contributed by atoms with E-state index in [2.05, 4.69) is 0 Å². The summed E-state index contributed by atoms with van der Waals surface area (Å²) in [6, 6.07) is 7.73. The van der Waals surface area contributed by atoms with E-state index in [0.717, 1.165) is 17.7 Å². The van der Waals surface area contributed by atoms with Crippen LogP contribution in [0.1, 0.15) is 22.8 Å². The molecule has 2 aromatic rings. The Labute approximate surface area is 109 Å². The van der Waals surface area contributed by atoms with Gasteiger partial charge in [0.25, 0.3) is 0 Å². The zero-order valence-electron chi connectivity index (χ0n) is 10.3. The topological polar surface area (TPSA) is 20.2 Å². The van der Waals surface area contributed by atoms with Gasteiger partial charge in [-0.3, -0.25) is 0 Å². The lowest BCUT2D eigenvalue weighted by molar-refractivity contribution is 0.171. The highest BCUT2D eigenvalue weighted by Gasteiger charge is 2.18. The highest BCUT2D eigenvalue weighted by Crippen LogP contribution is 2.24. The van der Waals surface area contributed by atoms with Gasteiger partial charge in [0, 0.05) is 17.5 Å². The van der Waals surface area contributed by atoms with Crippen LogP contribution in [0.4, 0.5) is 13.2 Å². The van der Waals surface area contributed by atoms with Crippen molar-refractivity contribution in [3.05, 3.63) is 70.5 Å². The molecule has 0 aliphatic heterocycles. The molecule has 0 amide bonds. The van der Waals surface area contributed by atoms with Gasteiger partial charge >= 0.3 is 0 Å². The normalized spacial score (nSPS) is 12.5. The summed E-state index contributed by atoms with van der Waals surface area (Å²) in [5, 5.41) is 9.95. The molecule has 0 saturated heterocycles. The van der Waals surface area contributed by atoms with Crippen molar-refractivity contribution in [3.8, 4) is 0 Å². The quantitative estimate of drug-likeness (QED) is 0.898. The average molecular weight is 266 g/mol. The SMILES string of the molecule is Cc1ccc(F)c(C(O)Cc2c(F)cccc2F)c1. The third-order valence-electron chi connectivity index (χ3n) is 2.97. The molecule has 1 nitrogen and oxygen atoms in total. The van der Waals surface area contributed by atoms with Crippen LogP contribution in [0, 0.1) is 24.4 Å². The summed E-state index contributed by atoms with van der Waals surface area (Å²) < 4.78 is 40.5. The molecule has 0 fully saturated rings. The van der Waals surface area contributed by atoms with Gasteiger partial charge in [-0.2, -0.15) is 0 Å². The van der Waals surface area contributed by atoms with E-state index in [0.29, 0.717) is 0 Å². The molecule has 0 aliphatic rings. The van der Waals surface area contributed by atoms with Gasteiger partial charge in [0.15, 0.2) is 0 Å². The molecule has 1 unspecified atom stereocenters. The first-order valence-electron chi connectivity index (χ1n) is 5.86. The first kappa shape index (κ1) is 13.6. The summed E-state index contributed by atoms with van der Waals surface area (Å²) in [7, 11) is 0. The van der Waals surface area contributed by atoms with E-state index in [-0.39, 0.29) is 17.5 Å². The molecule has 0 saturated carbocycles. The first-order valence-corrected chi connectivity index (χ1v) is 5.86. The van der Waals surface area contributed by atoms with Gasteiger partial charge in [-0.05, 0) is 25.1 Å². The van der Waals surface area contributed by atoms with Crippen molar-refractivity contribution in [2.45, 2.75) is 19.4 Å². The number of rotatable bonds is 3. The molecule has 0 aliphatic carbocycles. The standard InChI is InChI=1S/C15H13F3O/c1-9-5-6-14(18)11(7-9)15(19)8-10-12(16)3-2-4-13(10)17/h2-7,15,19H,8H2,1H3. The Hall–Kier alpha value is -1.81. The van der Waals surface area contributed by atoms with Gasteiger partial charge in [0.1, 0.15) is 17.5 Å². The molecule has 1 N–H and O–H groups in total. The van der Waals surface area contributed by atoms with Crippen molar-refractivity contribution >= 4 is 0 Å². The molecule has 1 atom stereocenters. The summed E-state index contributed by atoms with van der Waals surface area (Å²) in [6.07, 6.45) is -1.59. The van der Waals surface area contributed by atoms with Gasteiger partial charge in [-0.15, -0.1) is 0 Å². The van der Waals surface area contributed by atoms with Crippen LogP contribution in [0.15, 0.2) is 36.4 Å². The number of aliphatic hydroxyl groups excluding tert-OH is 1. The summed E-state index contributed by atoms with van der Waals surface area (Å²) in [5.41, 5.74) is 0.572. The van der Waals surface area contributed by atoms with Crippen molar-refractivity contribution in [2.75, 3.05) is 0 Å². The van der Waals surface area contributed by atoms with Crippen LogP contribution in [0.2, 0.25) is 0 Å². The molecule has 0 radical (unpaired) electrons. The molecule has 0 aromatic heterocycles. The first-order chi connectivity index (χ1) is 8.99. The molecular weight excluding hydrogens is 253 g/mol. The van der Waals surface area contributed by atoms with Crippen molar-refractivity contribution in [1.82, 2.24) is 0 Å². The third kappa shape index (κ3) is 2.96. The Bertz CT molecular complexity index is 576.